The van der Waals surface area contributed by atoms with Crippen molar-refractivity contribution in [3.8, 4) is 11.6 Å². The van der Waals surface area contributed by atoms with Crippen LogP contribution in [0.4, 0.5) is 15.9 Å². The topological polar surface area (TPSA) is 125 Å². The second-order valence-electron chi connectivity index (χ2n) is 7.49. The van der Waals surface area contributed by atoms with E-state index in [0.717, 1.165) is 0 Å². The number of aliphatic hydroxyl groups is 1. The van der Waals surface area contributed by atoms with Crippen LogP contribution in [-0.4, -0.2) is 62.9 Å². The lowest BCUT2D eigenvalue weighted by Crippen LogP contribution is -2.32. The number of halogens is 2. The van der Waals surface area contributed by atoms with Crippen molar-refractivity contribution in [2.24, 2.45) is 0 Å². The molecule has 0 saturated carbocycles. The van der Waals surface area contributed by atoms with Crippen LogP contribution in [0.25, 0.3) is 11.0 Å². The third kappa shape index (κ3) is 5.94. The first-order valence-corrected chi connectivity index (χ1v) is 10.9. The average Bonchev–Trinajstić information content (AvgIpc) is 3.27. The second kappa shape index (κ2) is 11.0. The van der Waals surface area contributed by atoms with Gasteiger partial charge in [-0.1, -0.05) is 23.7 Å². The van der Waals surface area contributed by atoms with Crippen LogP contribution in [0.3, 0.4) is 0 Å². The molecule has 0 radical (unpaired) electrons. The monoisotopic (exact) mass is 500 g/mol. The molecule has 0 saturated heterocycles. The molecule has 0 aliphatic heterocycles. The van der Waals surface area contributed by atoms with Crippen LogP contribution in [0.15, 0.2) is 48.8 Å². The highest BCUT2D eigenvalue weighted by Gasteiger charge is 2.16. The normalized spacial score (nSPS) is 10.9. The number of benzene rings is 2. The zero-order valence-electron chi connectivity index (χ0n) is 18.7. The van der Waals surface area contributed by atoms with E-state index in [1.165, 1.54) is 23.4 Å². The summed E-state index contributed by atoms with van der Waals surface area (Å²) in [5.74, 6) is 0.396. The Kier molecular flexibility index (Phi) is 7.58. The molecule has 0 aliphatic carbocycles. The van der Waals surface area contributed by atoms with E-state index in [0.29, 0.717) is 38.9 Å². The van der Waals surface area contributed by atoms with Gasteiger partial charge in [-0.05, 0) is 35.9 Å². The van der Waals surface area contributed by atoms with Crippen LogP contribution in [-0.2, 0) is 11.4 Å². The number of nitrogens with zero attached hydrogens (tertiary/aromatic N) is 4. The second-order valence-corrected chi connectivity index (χ2v) is 7.89. The first kappa shape index (κ1) is 24.2. The zero-order chi connectivity index (χ0) is 24.8. The molecule has 0 unspecified atom stereocenters. The number of H-pyrrole nitrogens is 1. The van der Waals surface area contributed by atoms with E-state index in [1.54, 1.807) is 37.4 Å². The number of aromatic amines is 1. The van der Waals surface area contributed by atoms with E-state index in [-0.39, 0.29) is 31.5 Å². The maximum atomic E-state index is 13.4. The molecule has 35 heavy (non-hydrogen) atoms. The van der Waals surface area contributed by atoms with E-state index in [9.17, 15) is 9.18 Å². The Morgan fingerprint density at radius 3 is 2.86 bits per heavy atom. The van der Waals surface area contributed by atoms with Crippen molar-refractivity contribution in [2.45, 2.75) is 6.61 Å². The number of likely N-dealkylation sites (N-methyl/N-ethyl adjacent to an activating group) is 1. The minimum Gasteiger partial charge on any atom is -0.487 e. The summed E-state index contributed by atoms with van der Waals surface area (Å²) in [4.78, 5) is 21.3. The molecular weight excluding hydrogens is 479 g/mol. The number of hydrogen-bond acceptors (Lipinski definition) is 8. The summed E-state index contributed by atoms with van der Waals surface area (Å²) in [6.07, 6.45) is 1.37. The Hall–Kier alpha value is -3.96. The molecule has 2 aromatic carbocycles. The van der Waals surface area contributed by atoms with Crippen molar-refractivity contribution < 1.29 is 23.8 Å². The van der Waals surface area contributed by atoms with E-state index in [1.807, 2.05) is 0 Å². The van der Waals surface area contributed by atoms with Crippen molar-refractivity contribution in [3.05, 3.63) is 65.2 Å². The smallest absolute Gasteiger partial charge is 0.248 e. The van der Waals surface area contributed by atoms with Gasteiger partial charge in [0.05, 0.1) is 11.6 Å². The summed E-state index contributed by atoms with van der Waals surface area (Å²) in [6.45, 7) is 0.0170. The highest BCUT2D eigenvalue weighted by Crippen LogP contribution is 2.33. The van der Waals surface area contributed by atoms with Crippen molar-refractivity contribution in [1.29, 1.82) is 0 Å². The molecule has 0 aliphatic rings. The average molecular weight is 501 g/mol. The number of ether oxygens (including phenoxy) is 2. The third-order valence-corrected chi connectivity index (χ3v) is 5.32. The van der Waals surface area contributed by atoms with Crippen LogP contribution in [0.5, 0.6) is 11.6 Å². The number of nitrogens with one attached hydrogen (secondary N) is 2. The minimum absolute atomic E-state index is 0.152. The summed E-state index contributed by atoms with van der Waals surface area (Å²) in [7, 11) is 1.57. The van der Waals surface area contributed by atoms with E-state index in [2.05, 4.69) is 25.5 Å². The van der Waals surface area contributed by atoms with Gasteiger partial charge in [-0.25, -0.2) is 14.4 Å². The third-order valence-electron chi connectivity index (χ3n) is 5.03. The number of anilines is 2. The molecule has 2 aromatic heterocycles. The fourth-order valence-corrected chi connectivity index (χ4v) is 3.41. The fourth-order valence-electron chi connectivity index (χ4n) is 3.18. The summed E-state index contributed by atoms with van der Waals surface area (Å²) in [5.41, 5.74) is 1.78. The number of hydrogen-bond donors (Lipinski definition) is 3. The van der Waals surface area contributed by atoms with Crippen molar-refractivity contribution in [3.63, 3.8) is 0 Å². The van der Waals surface area contributed by atoms with Crippen LogP contribution < -0.4 is 14.8 Å². The summed E-state index contributed by atoms with van der Waals surface area (Å²) >= 11 is 6.39. The Morgan fingerprint density at radius 2 is 2.09 bits per heavy atom. The molecule has 0 spiro atoms. The number of carbonyl (C=O) groups excluding carboxylic acids is 1. The van der Waals surface area contributed by atoms with Gasteiger partial charge in [0.1, 0.15) is 48.9 Å². The van der Waals surface area contributed by atoms with Gasteiger partial charge in [-0.15, -0.1) is 5.10 Å². The Labute approximate surface area is 204 Å². The SMILES string of the molecule is CN(CCOc1n[nH]c2ncnc(Nc3ccc(OCc4cccc(F)c4)c(Cl)c3)c12)C(=O)CO. The van der Waals surface area contributed by atoms with Crippen molar-refractivity contribution in [1.82, 2.24) is 25.1 Å². The first-order valence-electron chi connectivity index (χ1n) is 10.5. The van der Waals surface area contributed by atoms with Crippen molar-refractivity contribution in [2.75, 3.05) is 32.1 Å². The molecule has 2 heterocycles. The predicted molar refractivity (Wildman–Crippen MR) is 127 cm³/mol. The highest BCUT2D eigenvalue weighted by atomic mass is 35.5. The van der Waals surface area contributed by atoms with Crippen molar-refractivity contribution >= 4 is 40.0 Å². The van der Waals surface area contributed by atoms with Crippen LogP contribution >= 0.6 is 11.6 Å². The van der Waals surface area contributed by atoms with Crippen LogP contribution in [0, 0.1) is 5.82 Å². The predicted octanol–water partition coefficient (Wildman–Crippen LogP) is 3.30. The molecule has 4 aromatic rings. The molecule has 0 fully saturated rings. The number of fused-ring (bicyclic) bond motifs is 1. The minimum atomic E-state index is -0.569. The summed E-state index contributed by atoms with van der Waals surface area (Å²) < 4.78 is 24.8. The maximum absolute atomic E-state index is 13.4. The number of carbonyl (C=O) groups is 1. The molecular formula is C23H22ClFN6O4. The summed E-state index contributed by atoms with van der Waals surface area (Å²) in [6, 6.07) is 11.3. The molecule has 182 valence electrons. The molecule has 12 heteroatoms. The Morgan fingerprint density at radius 1 is 1.23 bits per heavy atom. The van der Waals surface area contributed by atoms with Gasteiger partial charge in [0.15, 0.2) is 5.65 Å². The zero-order valence-corrected chi connectivity index (χ0v) is 19.4. The Balaban J connectivity index is 1.45. The number of aliphatic hydroxyl groups excluding tert-OH is 1. The van der Waals surface area contributed by atoms with E-state index < -0.39 is 12.5 Å². The first-order chi connectivity index (χ1) is 16.9. The lowest BCUT2D eigenvalue weighted by atomic mass is 10.2. The molecule has 10 nitrogen and oxygen atoms in total. The molecule has 3 N–H and O–H groups in total. The molecule has 0 atom stereocenters. The number of aromatic nitrogens is 4. The van der Waals surface area contributed by atoms with Gasteiger partial charge in [0.25, 0.3) is 0 Å². The summed E-state index contributed by atoms with van der Waals surface area (Å²) in [5, 5.41) is 19.9. The lowest BCUT2D eigenvalue weighted by Gasteiger charge is -2.15. The Bertz CT molecular complexity index is 1330. The van der Waals surface area contributed by atoms with Gasteiger partial charge in [0.2, 0.25) is 11.8 Å². The lowest BCUT2D eigenvalue weighted by molar-refractivity contribution is -0.133. The standard InChI is InChI=1S/C23H22ClFN6O4/c1-31(19(33)11-32)7-8-34-23-20-21(26-13-27-22(20)29-30-23)28-16-5-6-18(17(24)10-16)35-12-14-3-2-4-15(25)9-14/h2-6,9-10,13,32H,7-8,11-12H2,1H3,(H2,26,27,28,29,30). The van der Waals surface area contributed by atoms with Crippen LogP contribution in [0.1, 0.15) is 5.56 Å². The molecule has 0 bridgehead atoms. The van der Waals surface area contributed by atoms with E-state index >= 15 is 0 Å². The highest BCUT2D eigenvalue weighted by molar-refractivity contribution is 6.32. The molecule has 4 rings (SSSR count). The van der Waals surface area contributed by atoms with Gasteiger partial charge in [-0.2, -0.15) is 0 Å². The van der Waals surface area contributed by atoms with Gasteiger partial charge in [-0.3, -0.25) is 9.89 Å². The van der Waals surface area contributed by atoms with Gasteiger partial charge >= 0.3 is 0 Å². The van der Waals surface area contributed by atoms with Gasteiger partial charge in [0, 0.05) is 12.7 Å². The van der Waals surface area contributed by atoms with E-state index in [4.69, 9.17) is 26.2 Å². The number of rotatable bonds is 10. The fraction of sp³-hybridized carbons (Fsp3) is 0.217. The largest absolute Gasteiger partial charge is 0.487 e. The molecule has 1 amide bonds. The van der Waals surface area contributed by atoms with Gasteiger partial charge < -0.3 is 24.8 Å². The maximum Gasteiger partial charge on any atom is 0.248 e. The van der Waals surface area contributed by atoms with Crippen LogP contribution in [0.2, 0.25) is 5.02 Å². The quantitative estimate of drug-likeness (QED) is 0.303. The number of amides is 1.